The lowest BCUT2D eigenvalue weighted by Crippen LogP contribution is -2.07. The first-order chi connectivity index (χ1) is 8.22. The van der Waals surface area contributed by atoms with Crippen LogP contribution in [0.25, 0.3) is 0 Å². The molecule has 1 aromatic carbocycles. The summed E-state index contributed by atoms with van der Waals surface area (Å²) < 4.78 is 0. The Morgan fingerprint density at radius 1 is 1.06 bits per heavy atom. The van der Waals surface area contributed by atoms with Crippen LogP contribution >= 0.6 is 15.9 Å². The van der Waals surface area contributed by atoms with E-state index in [0.717, 1.165) is 12.3 Å². The number of aryl methyl sites for hydroxylation is 1. The summed E-state index contributed by atoms with van der Waals surface area (Å²) >= 11 is 3.89. The largest absolute Gasteiger partial charge is 0.0836 e. The lowest BCUT2D eigenvalue weighted by Gasteiger charge is -2.21. The van der Waals surface area contributed by atoms with Crippen LogP contribution in [0.2, 0.25) is 0 Å². The first-order valence-corrected chi connectivity index (χ1v) is 7.87. The van der Waals surface area contributed by atoms with Crippen molar-refractivity contribution >= 4 is 15.9 Å². The van der Waals surface area contributed by atoms with Crippen LogP contribution in [0.5, 0.6) is 0 Å². The third-order valence-electron chi connectivity index (χ3n) is 3.57. The van der Waals surface area contributed by atoms with Crippen LogP contribution in [-0.4, -0.2) is 0 Å². The van der Waals surface area contributed by atoms with Crippen molar-refractivity contribution in [2.24, 2.45) is 5.92 Å². The van der Waals surface area contributed by atoms with Crippen molar-refractivity contribution in [2.75, 3.05) is 0 Å². The molecule has 0 fully saturated rings. The normalized spacial score (nSPS) is 14.6. The van der Waals surface area contributed by atoms with Gasteiger partial charge in [0.05, 0.1) is 0 Å². The van der Waals surface area contributed by atoms with Crippen LogP contribution in [0.1, 0.15) is 62.4 Å². The van der Waals surface area contributed by atoms with E-state index in [-0.39, 0.29) is 0 Å². The maximum absolute atomic E-state index is 3.89. The molecular weight excluding hydrogens is 272 g/mol. The Kier molecular flexibility index (Phi) is 6.87. The molecule has 0 N–H and O–H groups in total. The monoisotopic (exact) mass is 296 g/mol. The average Bonchev–Trinajstić information content (AvgIpc) is 2.39. The Labute approximate surface area is 115 Å². The first-order valence-electron chi connectivity index (χ1n) is 6.95. The van der Waals surface area contributed by atoms with Gasteiger partial charge in [-0.1, -0.05) is 80.2 Å². The van der Waals surface area contributed by atoms with Gasteiger partial charge >= 0.3 is 0 Å². The molecule has 1 heteroatoms. The summed E-state index contributed by atoms with van der Waals surface area (Å²) in [5.74, 6) is 0.766. The highest BCUT2D eigenvalue weighted by molar-refractivity contribution is 9.09. The van der Waals surface area contributed by atoms with E-state index in [0.29, 0.717) is 4.83 Å². The molecule has 2 atom stereocenters. The number of hydrogen-bond donors (Lipinski definition) is 0. The van der Waals surface area contributed by atoms with Gasteiger partial charge in [-0.3, -0.25) is 0 Å². The number of rotatable bonds is 7. The molecule has 0 aliphatic carbocycles. The quantitative estimate of drug-likeness (QED) is 0.549. The predicted molar refractivity (Wildman–Crippen MR) is 80.8 cm³/mol. The topological polar surface area (TPSA) is 0 Å². The van der Waals surface area contributed by atoms with E-state index >= 15 is 0 Å². The molecule has 17 heavy (non-hydrogen) atoms. The molecule has 0 aliphatic rings. The van der Waals surface area contributed by atoms with Crippen LogP contribution in [-0.2, 0) is 6.42 Å². The van der Waals surface area contributed by atoms with Crippen LogP contribution in [0.4, 0.5) is 0 Å². The molecule has 0 saturated heterocycles. The highest BCUT2D eigenvalue weighted by atomic mass is 79.9. The molecule has 0 amide bonds. The minimum absolute atomic E-state index is 0.518. The minimum Gasteiger partial charge on any atom is -0.0836 e. The van der Waals surface area contributed by atoms with Crippen LogP contribution in [0, 0.1) is 5.92 Å². The molecule has 96 valence electrons. The zero-order chi connectivity index (χ0) is 12.7. The molecule has 0 aromatic heterocycles. The third-order valence-corrected chi connectivity index (χ3v) is 4.85. The van der Waals surface area contributed by atoms with Crippen molar-refractivity contribution in [1.29, 1.82) is 0 Å². The van der Waals surface area contributed by atoms with E-state index in [1.54, 1.807) is 0 Å². The standard InChI is InChI=1S/C16H25Br/c1-4-7-8-14(6-3)16(17)15-11-9-13(5-2)10-12-15/h9-12,14,16H,4-8H2,1-3H3. The number of hydrogen-bond acceptors (Lipinski definition) is 0. The molecular formula is C16H25Br. The molecule has 0 spiro atoms. The smallest absolute Gasteiger partial charge is 0.0423 e. The zero-order valence-electron chi connectivity index (χ0n) is 11.4. The van der Waals surface area contributed by atoms with Crippen LogP contribution in [0.15, 0.2) is 24.3 Å². The fourth-order valence-corrected chi connectivity index (χ4v) is 3.18. The summed E-state index contributed by atoms with van der Waals surface area (Å²) in [7, 11) is 0. The summed E-state index contributed by atoms with van der Waals surface area (Å²) in [6.45, 7) is 6.78. The lowest BCUT2D eigenvalue weighted by atomic mass is 9.91. The predicted octanol–water partition coefficient (Wildman–Crippen LogP) is 5.90. The molecule has 0 bridgehead atoms. The highest BCUT2D eigenvalue weighted by Gasteiger charge is 2.18. The minimum atomic E-state index is 0.518. The number of alkyl halides is 1. The zero-order valence-corrected chi connectivity index (χ0v) is 13.0. The van der Waals surface area contributed by atoms with Gasteiger partial charge in [0, 0.05) is 4.83 Å². The number of unbranched alkanes of at least 4 members (excludes halogenated alkanes) is 1. The van der Waals surface area contributed by atoms with E-state index in [9.17, 15) is 0 Å². The molecule has 0 saturated carbocycles. The van der Waals surface area contributed by atoms with E-state index in [1.165, 1.54) is 36.8 Å². The molecule has 0 radical (unpaired) electrons. The van der Waals surface area contributed by atoms with Gasteiger partial charge < -0.3 is 0 Å². The maximum atomic E-state index is 3.89. The molecule has 1 rings (SSSR count). The van der Waals surface area contributed by atoms with Gasteiger partial charge in [-0.05, 0) is 29.9 Å². The molecule has 0 aliphatic heterocycles. The van der Waals surface area contributed by atoms with Gasteiger partial charge in [-0.25, -0.2) is 0 Å². The van der Waals surface area contributed by atoms with E-state index in [2.05, 4.69) is 61.0 Å². The van der Waals surface area contributed by atoms with Crippen molar-refractivity contribution < 1.29 is 0 Å². The fourth-order valence-electron chi connectivity index (χ4n) is 2.23. The molecule has 2 unspecified atom stereocenters. The van der Waals surface area contributed by atoms with Crippen molar-refractivity contribution in [3.63, 3.8) is 0 Å². The number of benzene rings is 1. The van der Waals surface area contributed by atoms with E-state index in [1.807, 2.05) is 0 Å². The third kappa shape index (κ3) is 4.46. The Balaban J connectivity index is 2.67. The maximum Gasteiger partial charge on any atom is 0.0423 e. The lowest BCUT2D eigenvalue weighted by molar-refractivity contribution is 0.446. The van der Waals surface area contributed by atoms with Crippen LogP contribution in [0.3, 0.4) is 0 Å². The van der Waals surface area contributed by atoms with Gasteiger partial charge in [-0.2, -0.15) is 0 Å². The van der Waals surface area contributed by atoms with E-state index < -0.39 is 0 Å². The fraction of sp³-hybridized carbons (Fsp3) is 0.625. The summed E-state index contributed by atoms with van der Waals surface area (Å²) in [5, 5.41) is 0. The number of halogens is 1. The molecule has 0 nitrogen and oxygen atoms in total. The van der Waals surface area contributed by atoms with Gasteiger partial charge in [0.2, 0.25) is 0 Å². The Bertz CT molecular complexity index is 302. The summed E-state index contributed by atoms with van der Waals surface area (Å²) in [4.78, 5) is 0.518. The SMILES string of the molecule is CCCCC(CC)C(Br)c1ccc(CC)cc1. The van der Waals surface area contributed by atoms with Gasteiger partial charge in [0.25, 0.3) is 0 Å². The van der Waals surface area contributed by atoms with Gasteiger partial charge in [-0.15, -0.1) is 0 Å². The van der Waals surface area contributed by atoms with E-state index in [4.69, 9.17) is 0 Å². The summed E-state index contributed by atoms with van der Waals surface area (Å²) in [6.07, 6.45) is 6.35. The van der Waals surface area contributed by atoms with Crippen molar-refractivity contribution in [2.45, 2.75) is 57.7 Å². The Morgan fingerprint density at radius 2 is 1.71 bits per heavy atom. The van der Waals surface area contributed by atoms with Crippen LogP contribution < -0.4 is 0 Å². The average molecular weight is 297 g/mol. The second-order valence-electron chi connectivity index (χ2n) is 4.81. The summed E-state index contributed by atoms with van der Waals surface area (Å²) in [5.41, 5.74) is 2.86. The first kappa shape index (κ1) is 14.8. The molecule has 0 heterocycles. The molecule has 1 aromatic rings. The van der Waals surface area contributed by atoms with Gasteiger partial charge in [0.1, 0.15) is 0 Å². The van der Waals surface area contributed by atoms with Crippen molar-refractivity contribution in [3.05, 3.63) is 35.4 Å². The second kappa shape index (κ2) is 7.92. The Hall–Kier alpha value is -0.300. The van der Waals surface area contributed by atoms with Gasteiger partial charge in [0.15, 0.2) is 0 Å². The van der Waals surface area contributed by atoms with Crippen molar-refractivity contribution in [1.82, 2.24) is 0 Å². The highest BCUT2D eigenvalue weighted by Crippen LogP contribution is 2.36. The Morgan fingerprint density at radius 3 is 2.18 bits per heavy atom. The second-order valence-corrected chi connectivity index (χ2v) is 5.79. The van der Waals surface area contributed by atoms with Crippen molar-refractivity contribution in [3.8, 4) is 0 Å². The summed E-state index contributed by atoms with van der Waals surface area (Å²) in [6, 6.07) is 9.09.